The third kappa shape index (κ3) is 1.87. The van der Waals surface area contributed by atoms with Crippen LogP contribution in [-0.4, -0.2) is 6.54 Å². The normalized spacial score (nSPS) is 20.9. The molecule has 1 atom stereocenters. The molecule has 1 aromatic carbocycles. The number of nitrogens with one attached hydrogen (secondary N) is 1. The van der Waals surface area contributed by atoms with Crippen molar-refractivity contribution in [3.8, 4) is 0 Å². The lowest BCUT2D eigenvalue weighted by Crippen LogP contribution is -2.26. The molecule has 1 aliphatic rings. The Morgan fingerprint density at radius 1 is 1.24 bits per heavy atom. The van der Waals surface area contributed by atoms with Gasteiger partial charge in [-0.25, -0.2) is 0 Å². The Morgan fingerprint density at radius 2 is 2.12 bits per heavy atom. The van der Waals surface area contributed by atoms with E-state index in [0.717, 1.165) is 17.9 Å². The summed E-state index contributed by atoms with van der Waals surface area (Å²) >= 11 is 0. The van der Waals surface area contributed by atoms with E-state index in [1.54, 1.807) is 0 Å². The van der Waals surface area contributed by atoms with Crippen LogP contribution in [0, 0.1) is 13.8 Å². The Bertz CT molecular complexity index is 535. The summed E-state index contributed by atoms with van der Waals surface area (Å²) in [7, 11) is 0. The van der Waals surface area contributed by atoms with Gasteiger partial charge in [0.15, 0.2) is 0 Å². The third-order valence-electron chi connectivity index (χ3n) is 3.76. The molecule has 0 aliphatic carbocycles. The predicted octanol–water partition coefficient (Wildman–Crippen LogP) is 3.86. The molecule has 3 rings (SSSR count). The van der Waals surface area contributed by atoms with E-state index < -0.39 is 0 Å². The van der Waals surface area contributed by atoms with Gasteiger partial charge in [0, 0.05) is 5.39 Å². The van der Waals surface area contributed by atoms with Crippen LogP contribution in [0.15, 0.2) is 22.6 Å². The molecular formula is C15H19NO. The second-order valence-corrected chi connectivity index (χ2v) is 5.09. The van der Waals surface area contributed by atoms with Crippen LogP contribution in [0.1, 0.15) is 42.2 Å². The molecule has 0 bridgehead atoms. The molecule has 1 fully saturated rings. The van der Waals surface area contributed by atoms with E-state index in [1.807, 2.05) is 0 Å². The first-order chi connectivity index (χ1) is 8.25. The molecule has 0 amide bonds. The van der Waals surface area contributed by atoms with E-state index in [-0.39, 0.29) is 0 Å². The number of furan rings is 1. The summed E-state index contributed by atoms with van der Waals surface area (Å²) in [5, 5.41) is 4.83. The Kier molecular flexibility index (Phi) is 2.67. The van der Waals surface area contributed by atoms with Crippen LogP contribution in [0.2, 0.25) is 0 Å². The number of hydrogen-bond donors (Lipinski definition) is 1. The summed E-state index contributed by atoms with van der Waals surface area (Å²) in [5.74, 6) is 1.14. The highest BCUT2D eigenvalue weighted by Gasteiger charge is 2.21. The fourth-order valence-electron chi connectivity index (χ4n) is 2.76. The standard InChI is InChI=1S/C15H19NO/c1-10-6-7-14-12(9-10)11(2)15(17-14)13-5-3-4-8-16-13/h6-7,9,13,16H,3-5,8H2,1-2H3/t13-/m1/s1. The Morgan fingerprint density at radius 3 is 2.88 bits per heavy atom. The van der Waals surface area contributed by atoms with Gasteiger partial charge < -0.3 is 9.73 Å². The third-order valence-corrected chi connectivity index (χ3v) is 3.76. The van der Waals surface area contributed by atoms with Crippen molar-refractivity contribution in [1.82, 2.24) is 5.32 Å². The minimum atomic E-state index is 0.413. The second kappa shape index (κ2) is 4.19. The van der Waals surface area contributed by atoms with E-state index in [2.05, 4.69) is 37.4 Å². The molecule has 0 unspecified atom stereocenters. The number of piperidine rings is 1. The van der Waals surface area contributed by atoms with E-state index in [9.17, 15) is 0 Å². The second-order valence-electron chi connectivity index (χ2n) is 5.09. The van der Waals surface area contributed by atoms with Gasteiger partial charge in [-0.1, -0.05) is 18.1 Å². The van der Waals surface area contributed by atoms with E-state index in [4.69, 9.17) is 4.42 Å². The first-order valence-corrected chi connectivity index (χ1v) is 6.49. The van der Waals surface area contributed by atoms with Gasteiger partial charge in [0.2, 0.25) is 0 Å². The van der Waals surface area contributed by atoms with Gasteiger partial charge in [-0.2, -0.15) is 0 Å². The van der Waals surface area contributed by atoms with Gasteiger partial charge >= 0.3 is 0 Å². The van der Waals surface area contributed by atoms with Gasteiger partial charge in [0.1, 0.15) is 11.3 Å². The lowest BCUT2D eigenvalue weighted by molar-refractivity contribution is 0.356. The first kappa shape index (κ1) is 10.8. The van der Waals surface area contributed by atoms with Crippen LogP contribution in [0.25, 0.3) is 11.0 Å². The lowest BCUT2D eigenvalue weighted by atomic mass is 9.99. The van der Waals surface area contributed by atoms with Crippen molar-refractivity contribution >= 4 is 11.0 Å². The quantitative estimate of drug-likeness (QED) is 0.803. The fraction of sp³-hybridized carbons (Fsp3) is 0.467. The Labute approximate surface area is 102 Å². The van der Waals surface area contributed by atoms with Crippen LogP contribution < -0.4 is 5.32 Å². The molecule has 0 saturated carbocycles. The highest BCUT2D eigenvalue weighted by molar-refractivity contribution is 5.82. The maximum Gasteiger partial charge on any atom is 0.134 e. The Hall–Kier alpha value is -1.28. The molecular weight excluding hydrogens is 210 g/mol. The lowest BCUT2D eigenvalue weighted by Gasteiger charge is -2.22. The van der Waals surface area contributed by atoms with Crippen molar-refractivity contribution < 1.29 is 4.42 Å². The van der Waals surface area contributed by atoms with Gasteiger partial charge in [0.25, 0.3) is 0 Å². The number of rotatable bonds is 1. The van der Waals surface area contributed by atoms with Crippen LogP contribution >= 0.6 is 0 Å². The monoisotopic (exact) mass is 229 g/mol. The molecule has 1 N–H and O–H groups in total. The van der Waals surface area contributed by atoms with E-state index in [0.29, 0.717) is 6.04 Å². The van der Waals surface area contributed by atoms with Crippen molar-refractivity contribution in [3.05, 3.63) is 35.1 Å². The zero-order valence-corrected chi connectivity index (χ0v) is 10.5. The topological polar surface area (TPSA) is 25.2 Å². The summed E-state index contributed by atoms with van der Waals surface area (Å²) in [5.41, 5.74) is 3.63. The van der Waals surface area contributed by atoms with Crippen molar-refractivity contribution in [1.29, 1.82) is 0 Å². The largest absolute Gasteiger partial charge is 0.459 e. The van der Waals surface area contributed by atoms with Gasteiger partial charge in [-0.3, -0.25) is 0 Å². The molecule has 90 valence electrons. The summed E-state index contributed by atoms with van der Waals surface area (Å²) in [4.78, 5) is 0. The molecule has 17 heavy (non-hydrogen) atoms. The minimum absolute atomic E-state index is 0.413. The number of fused-ring (bicyclic) bond motifs is 1. The molecule has 1 aromatic heterocycles. The zero-order chi connectivity index (χ0) is 11.8. The fourth-order valence-corrected chi connectivity index (χ4v) is 2.76. The Balaban J connectivity index is 2.07. The van der Waals surface area contributed by atoms with Crippen molar-refractivity contribution in [3.63, 3.8) is 0 Å². The highest BCUT2D eigenvalue weighted by atomic mass is 16.3. The number of benzene rings is 1. The van der Waals surface area contributed by atoms with Crippen LogP contribution in [0.4, 0.5) is 0 Å². The zero-order valence-electron chi connectivity index (χ0n) is 10.5. The molecule has 2 heterocycles. The molecule has 2 heteroatoms. The summed E-state index contributed by atoms with van der Waals surface area (Å²) < 4.78 is 6.03. The average Bonchev–Trinajstić information content (AvgIpc) is 2.68. The van der Waals surface area contributed by atoms with E-state index >= 15 is 0 Å². The van der Waals surface area contributed by atoms with Gasteiger partial charge in [-0.05, 0) is 50.9 Å². The predicted molar refractivity (Wildman–Crippen MR) is 70.3 cm³/mol. The maximum atomic E-state index is 6.03. The van der Waals surface area contributed by atoms with Gasteiger partial charge in [0.05, 0.1) is 6.04 Å². The highest BCUT2D eigenvalue weighted by Crippen LogP contribution is 2.33. The molecule has 0 spiro atoms. The van der Waals surface area contributed by atoms with Crippen LogP contribution in [0.5, 0.6) is 0 Å². The SMILES string of the molecule is Cc1ccc2oc([C@H]3CCCCN3)c(C)c2c1. The summed E-state index contributed by atoms with van der Waals surface area (Å²) in [6, 6.07) is 6.84. The van der Waals surface area contributed by atoms with Crippen molar-refractivity contribution in [2.45, 2.75) is 39.2 Å². The van der Waals surface area contributed by atoms with Gasteiger partial charge in [-0.15, -0.1) is 0 Å². The van der Waals surface area contributed by atoms with Crippen molar-refractivity contribution in [2.24, 2.45) is 0 Å². The molecule has 2 aromatic rings. The molecule has 2 nitrogen and oxygen atoms in total. The molecule has 0 radical (unpaired) electrons. The summed E-state index contributed by atoms with van der Waals surface area (Å²) in [6.07, 6.45) is 3.78. The summed E-state index contributed by atoms with van der Waals surface area (Å²) in [6.45, 7) is 5.42. The average molecular weight is 229 g/mol. The number of hydrogen-bond acceptors (Lipinski definition) is 2. The number of aryl methyl sites for hydroxylation is 2. The molecule has 1 saturated heterocycles. The van der Waals surface area contributed by atoms with Crippen molar-refractivity contribution in [2.75, 3.05) is 6.54 Å². The first-order valence-electron chi connectivity index (χ1n) is 6.49. The maximum absolute atomic E-state index is 6.03. The van der Waals surface area contributed by atoms with Crippen LogP contribution in [0.3, 0.4) is 0 Å². The smallest absolute Gasteiger partial charge is 0.134 e. The molecule has 1 aliphatic heterocycles. The van der Waals surface area contributed by atoms with Crippen LogP contribution in [-0.2, 0) is 0 Å². The minimum Gasteiger partial charge on any atom is -0.459 e. The van der Waals surface area contributed by atoms with E-state index in [1.165, 1.54) is 35.8 Å².